The zero-order valence-electron chi connectivity index (χ0n) is 9.45. The molecule has 0 amide bonds. The summed E-state index contributed by atoms with van der Waals surface area (Å²) < 4.78 is 0. The standard InChI is InChI=1S/C10H18N4S/c1-7(2)10-13-8(11)6-9(14-10)12-4-5-15-3/h6-7H,4-5H2,1-3H3,(H3,11,12,13,14). The highest BCUT2D eigenvalue weighted by molar-refractivity contribution is 7.98. The number of rotatable bonds is 5. The van der Waals surface area contributed by atoms with Crippen LogP contribution in [0.1, 0.15) is 25.6 Å². The molecule has 4 nitrogen and oxygen atoms in total. The Bertz CT molecular complexity index is 314. The molecule has 1 aromatic rings. The number of nitrogens with zero attached hydrogens (tertiary/aromatic N) is 2. The molecule has 0 atom stereocenters. The first-order valence-electron chi connectivity index (χ1n) is 5.00. The van der Waals surface area contributed by atoms with Crippen LogP contribution in [0, 0.1) is 0 Å². The summed E-state index contributed by atoms with van der Waals surface area (Å²) in [7, 11) is 0. The van der Waals surface area contributed by atoms with Crippen molar-refractivity contribution in [3.05, 3.63) is 11.9 Å². The summed E-state index contributed by atoms with van der Waals surface area (Å²) in [5.41, 5.74) is 5.71. The van der Waals surface area contributed by atoms with E-state index in [4.69, 9.17) is 5.73 Å². The molecule has 0 fully saturated rings. The van der Waals surface area contributed by atoms with Crippen LogP contribution in [0.3, 0.4) is 0 Å². The van der Waals surface area contributed by atoms with Crippen LogP contribution in [0.5, 0.6) is 0 Å². The summed E-state index contributed by atoms with van der Waals surface area (Å²) in [4.78, 5) is 8.58. The van der Waals surface area contributed by atoms with Gasteiger partial charge >= 0.3 is 0 Å². The molecule has 0 aliphatic rings. The van der Waals surface area contributed by atoms with Gasteiger partial charge in [-0.1, -0.05) is 13.8 Å². The van der Waals surface area contributed by atoms with E-state index in [0.717, 1.165) is 23.9 Å². The lowest BCUT2D eigenvalue weighted by atomic mass is 10.2. The number of hydrogen-bond donors (Lipinski definition) is 2. The zero-order chi connectivity index (χ0) is 11.3. The van der Waals surface area contributed by atoms with Gasteiger partial charge in [0.25, 0.3) is 0 Å². The highest BCUT2D eigenvalue weighted by Gasteiger charge is 2.05. The fourth-order valence-corrected chi connectivity index (χ4v) is 1.42. The van der Waals surface area contributed by atoms with E-state index in [1.54, 1.807) is 17.8 Å². The molecule has 84 valence electrons. The van der Waals surface area contributed by atoms with Gasteiger partial charge in [0.2, 0.25) is 0 Å². The molecule has 5 heteroatoms. The van der Waals surface area contributed by atoms with Gasteiger partial charge in [-0.2, -0.15) is 11.8 Å². The molecule has 0 aliphatic heterocycles. The minimum atomic E-state index is 0.301. The Labute approximate surface area is 95.1 Å². The predicted molar refractivity (Wildman–Crippen MR) is 67.4 cm³/mol. The van der Waals surface area contributed by atoms with Crippen LogP contribution in [-0.4, -0.2) is 28.5 Å². The van der Waals surface area contributed by atoms with Gasteiger partial charge in [0, 0.05) is 24.3 Å². The van der Waals surface area contributed by atoms with Gasteiger partial charge in [-0.3, -0.25) is 0 Å². The molecule has 0 aliphatic carbocycles. The summed E-state index contributed by atoms with van der Waals surface area (Å²) in [6.07, 6.45) is 2.08. The largest absolute Gasteiger partial charge is 0.384 e. The Hall–Kier alpha value is -0.970. The monoisotopic (exact) mass is 226 g/mol. The van der Waals surface area contributed by atoms with Crippen molar-refractivity contribution in [2.45, 2.75) is 19.8 Å². The fraction of sp³-hybridized carbons (Fsp3) is 0.600. The fourth-order valence-electron chi connectivity index (χ4n) is 1.12. The highest BCUT2D eigenvalue weighted by Crippen LogP contribution is 2.14. The van der Waals surface area contributed by atoms with E-state index in [9.17, 15) is 0 Å². The minimum absolute atomic E-state index is 0.301. The number of nitrogens with two attached hydrogens (primary N) is 1. The number of anilines is 2. The second kappa shape index (κ2) is 5.80. The Morgan fingerprint density at radius 2 is 2.20 bits per heavy atom. The molecule has 0 saturated carbocycles. The first kappa shape index (κ1) is 12.1. The highest BCUT2D eigenvalue weighted by atomic mass is 32.2. The van der Waals surface area contributed by atoms with Crippen LogP contribution in [0.2, 0.25) is 0 Å². The Morgan fingerprint density at radius 3 is 2.80 bits per heavy atom. The molecule has 15 heavy (non-hydrogen) atoms. The van der Waals surface area contributed by atoms with Crippen LogP contribution in [0.15, 0.2) is 6.07 Å². The maximum Gasteiger partial charge on any atom is 0.135 e. The van der Waals surface area contributed by atoms with Crippen LogP contribution in [0.4, 0.5) is 11.6 Å². The Morgan fingerprint density at radius 1 is 1.47 bits per heavy atom. The number of nitrogens with one attached hydrogen (secondary N) is 1. The first-order valence-corrected chi connectivity index (χ1v) is 6.40. The third-order valence-electron chi connectivity index (χ3n) is 1.89. The van der Waals surface area contributed by atoms with Gasteiger partial charge in [-0.25, -0.2) is 9.97 Å². The molecule has 0 unspecified atom stereocenters. The molecule has 1 rings (SSSR count). The van der Waals surface area contributed by atoms with E-state index in [-0.39, 0.29) is 0 Å². The number of nitrogen functional groups attached to an aromatic ring is 1. The first-order chi connectivity index (χ1) is 7.13. The van der Waals surface area contributed by atoms with Gasteiger partial charge in [0.1, 0.15) is 17.5 Å². The molecule has 1 heterocycles. The second-order valence-electron chi connectivity index (χ2n) is 3.61. The van der Waals surface area contributed by atoms with Gasteiger partial charge in [-0.05, 0) is 6.26 Å². The van der Waals surface area contributed by atoms with Gasteiger partial charge < -0.3 is 11.1 Å². The smallest absolute Gasteiger partial charge is 0.135 e. The van der Waals surface area contributed by atoms with E-state index >= 15 is 0 Å². The second-order valence-corrected chi connectivity index (χ2v) is 4.60. The summed E-state index contributed by atoms with van der Waals surface area (Å²) in [6.45, 7) is 5.01. The average molecular weight is 226 g/mol. The van der Waals surface area contributed by atoms with Gasteiger partial charge in [0.15, 0.2) is 0 Å². The van der Waals surface area contributed by atoms with E-state index in [1.165, 1.54) is 0 Å². The number of hydrogen-bond acceptors (Lipinski definition) is 5. The molecular weight excluding hydrogens is 208 g/mol. The number of aromatic nitrogens is 2. The van der Waals surface area contributed by atoms with Crippen molar-refractivity contribution >= 4 is 23.4 Å². The molecule has 0 spiro atoms. The molecule has 1 aromatic heterocycles. The number of thioether (sulfide) groups is 1. The van der Waals surface area contributed by atoms with Crippen molar-refractivity contribution in [1.82, 2.24) is 9.97 Å². The SMILES string of the molecule is CSCCNc1cc(N)nc(C(C)C)n1. The third kappa shape index (κ3) is 3.95. The van der Waals surface area contributed by atoms with Crippen LogP contribution in [0.25, 0.3) is 0 Å². The Balaban J connectivity index is 2.71. The zero-order valence-corrected chi connectivity index (χ0v) is 10.3. The molecule has 0 radical (unpaired) electrons. The lowest BCUT2D eigenvalue weighted by molar-refractivity contribution is 0.777. The third-order valence-corrected chi connectivity index (χ3v) is 2.50. The maximum atomic E-state index is 5.71. The topological polar surface area (TPSA) is 63.8 Å². The van der Waals surface area contributed by atoms with Crippen molar-refractivity contribution < 1.29 is 0 Å². The van der Waals surface area contributed by atoms with Gasteiger partial charge in [-0.15, -0.1) is 0 Å². The quantitative estimate of drug-likeness (QED) is 0.751. The molecular formula is C10H18N4S. The van der Waals surface area contributed by atoms with E-state index < -0.39 is 0 Å². The van der Waals surface area contributed by atoms with Crippen LogP contribution < -0.4 is 11.1 Å². The van der Waals surface area contributed by atoms with Crippen LogP contribution in [-0.2, 0) is 0 Å². The Kier molecular flexibility index (Phi) is 4.68. The van der Waals surface area contributed by atoms with Gasteiger partial charge in [0.05, 0.1) is 0 Å². The van der Waals surface area contributed by atoms with Crippen molar-refractivity contribution in [2.75, 3.05) is 29.6 Å². The normalized spacial score (nSPS) is 10.7. The van der Waals surface area contributed by atoms with Crippen LogP contribution >= 0.6 is 11.8 Å². The minimum Gasteiger partial charge on any atom is -0.384 e. The van der Waals surface area contributed by atoms with Crippen molar-refractivity contribution in [1.29, 1.82) is 0 Å². The van der Waals surface area contributed by atoms with Crippen molar-refractivity contribution in [2.24, 2.45) is 0 Å². The summed E-state index contributed by atoms with van der Waals surface area (Å²) in [5.74, 6) is 3.50. The van der Waals surface area contributed by atoms with E-state index in [0.29, 0.717) is 11.7 Å². The predicted octanol–water partition coefficient (Wildman–Crippen LogP) is 1.96. The molecule has 0 bridgehead atoms. The van der Waals surface area contributed by atoms with Crippen molar-refractivity contribution in [3.63, 3.8) is 0 Å². The average Bonchev–Trinajstić information content (AvgIpc) is 2.17. The maximum absolute atomic E-state index is 5.71. The van der Waals surface area contributed by atoms with E-state index in [1.807, 2.05) is 0 Å². The summed E-state index contributed by atoms with van der Waals surface area (Å²) in [6, 6.07) is 1.77. The molecule has 0 aromatic carbocycles. The lowest BCUT2D eigenvalue weighted by Crippen LogP contribution is -2.09. The van der Waals surface area contributed by atoms with Crippen molar-refractivity contribution in [3.8, 4) is 0 Å². The van der Waals surface area contributed by atoms with E-state index in [2.05, 4.69) is 35.4 Å². The molecule has 0 saturated heterocycles. The summed E-state index contributed by atoms with van der Waals surface area (Å²) >= 11 is 1.80. The summed E-state index contributed by atoms with van der Waals surface area (Å²) in [5, 5.41) is 3.23. The molecule has 3 N–H and O–H groups in total. The lowest BCUT2D eigenvalue weighted by Gasteiger charge is -2.09.